The fraction of sp³-hybridized carbons (Fsp3) is 0.488. The third kappa shape index (κ3) is 7.83. The predicted molar refractivity (Wildman–Crippen MR) is 216 cm³/mol. The van der Waals surface area contributed by atoms with Crippen molar-refractivity contribution < 1.29 is 28.7 Å². The zero-order valence-electron chi connectivity index (χ0n) is 32.6. The molecule has 6 fully saturated rings. The van der Waals surface area contributed by atoms with Crippen LogP contribution in [-0.2, 0) is 9.59 Å². The number of anilines is 2. The number of nitriles is 1. The Morgan fingerprint density at radius 1 is 0.864 bits per heavy atom. The molecule has 15 nitrogen and oxygen atoms in total. The average molecular weight is 820 g/mol. The number of benzene rings is 2. The molecule has 7 aliphatic rings. The van der Waals surface area contributed by atoms with Crippen molar-refractivity contribution in [2.45, 2.75) is 94.5 Å². The number of hydrogen-bond acceptors (Lipinski definition) is 12. The molecule has 3 atom stereocenters. The molecule has 1 aliphatic carbocycles. The first kappa shape index (κ1) is 38.9. The number of amides is 5. The second kappa shape index (κ2) is 16.2. The maximum atomic E-state index is 13.5. The van der Waals surface area contributed by atoms with Gasteiger partial charge in [-0.05, 0) is 106 Å². The highest BCUT2D eigenvalue weighted by atomic mass is 35.5. The van der Waals surface area contributed by atoms with Gasteiger partial charge in [0, 0.05) is 69.0 Å². The van der Waals surface area contributed by atoms with E-state index in [-0.39, 0.29) is 30.9 Å². The molecular formula is C43H46ClN9O6. The summed E-state index contributed by atoms with van der Waals surface area (Å²) in [5.74, 6) is -0.206. The van der Waals surface area contributed by atoms with E-state index in [0.29, 0.717) is 51.2 Å². The number of halogens is 1. The van der Waals surface area contributed by atoms with E-state index in [0.717, 1.165) is 100 Å². The van der Waals surface area contributed by atoms with E-state index in [2.05, 4.69) is 41.6 Å². The topological polar surface area (TPSA) is 181 Å². The van der Waals surface area contributed by atoms with E-state index in [1.54, 1.807) is 30.3 Å². The fourth-order valence-electron chi connectivity index (χ4n) is 9.82. The first-order valence-electron chi connectivity index (χ1n) is 20.7. The second-order valence-electron chi connectivity index (χ2n) is 16.7. The van der Waals surface area contributed by atoms with Gasteiger partial charge in [0.05, 0.1) is 27.8 Å². The molecule has 2 aromatic carbocycles. The monoisotopic (exact) mass is 819 g/mol. The number of aromatic nitrogens is 2. The normalized spacial score (nSPS) is 26.1. The van der Waals surface area contributed by atoms with Crippen LogP contribution in [0, 0.1) is 17.2 Å². The number of ether oxygens (including phenoxy) is 1. The van der Waals surface area contributed by atoms with E-state index < -0.39 is 29.7 Å². The molecule has 5 amide bonds. The summed E-state index contributed by atoms with van der Waals surface area (Å²) in [5.41, 5.74) is 2.26. The van der Waals surface area contributed by atoms with Gasteiger partial charge in [-0.1, -0.05) is 11.6 Å². The van der Waals surface area contributed by atoms with E-state index >= 15 is 0 Å². The van der Waals surface area contributed by atoms with Crippen LogP contribution in [0.2, 0.25) is 5.02 Å². The average Bonchev–Trinajstić information content (AvgIpc) is 3.50. The third-order valence-electron chi connectivity index (χ3n) is 13.1. The Bertz CT molecular complexity index is 2220. The molecule has 7 heterocycles. The SMILES string of the molecule is N#Cc1ccc(OC2CCC(NC(=O)c3ccc(N4CCC(CN5CC6CCC5CN6c5ccc6c(c5)C(=O)N(C5CCC(=O)NC5=O)C6=O)CC4)nn3)CC2)cc1Cl. The van der Waals surface area contributed by atoms with Gasteiger partial charge < -0.3 is 19.9 Å². The van der Waals surface area contributed by atoms with Crippen LogP contribution in [0.3, 0.4) is 0 Å². The quantitative estimate of drug-likeness (QED) is 0.296. The number of carbonyl (C=O) groups is 5. The lowest BCUT2D eigenvalue weighted by Gasteiger charge is -2.53. The summed E-state index contributed by atoms with van der Waals surface area (Å²) in [7, 11) is 0. The van der Waals surface area contributed by atoms with Crippen molar-refractivity contribution in [2.75, 3.05) is 42.5 Å². The summed E-state index contributed by atoms with van der Waals surface area (Å²) >= 11 is 6.15. The molecular weight excluding hydrogens is 774 g/mol. The molecule has 1 aromatic heterocycles. The highest BCUT2D eigenvalue weighted by Gasteiger charge is 2.46. The van der Waals surface area contributed by atoms with Crippen LogP contribution in [-0.4, -0.2) is 113 Å². The van der Waals surface area contributed by atoms with Gasteiger partial charge in [-0.15, -0.1) is 10.2 Å². The Hall–Kier alpha value is -5.59. The first-order chi connectivity index (χ1) is 28.6. The largest absolute Gasteiger partial charge is 0.490 e. The molecule has 5 saturated heterocycles. The van der Waals surface area contributed by atoms with Crippen LogP contribution >= 0.6 is 11.6 Å². The van der Waals surface area contributed by atoms with Crippen molar-refractivity contribution in [2.24, 2.45) is 5.92 Å². The number of piperidine rings is 4. The number of hydrogen-bond donors (Lipinski definition) is 2. The zero-order valence-corrected chi connectivity index (χ0v) is 33.4. The first-order valence-corrected chi connectivity index (χ1v) is 21.1. The highest BCUT2D eigenvalue weighted by Crippen LogP contribution is 2.37. The highest BCUT2D eigenvalue weighted by molar-refractivity contribution is 6.31. The molecule has 10 rings (SSSR count). The van der Waals surface area contributed by atoms with Gasteiger partial charge in [0.25, 0.3) is 17.7 Å². The number of imide groups is 2. The number of nitrogens with zero attached hydrogens (tertiary/aromatic N) is 7. The fourth-order valence-corrected chi connectivity index (χ4v) is 10.0. The molecule has 2 bridgehead atoms. The lowest BCUT2D eigenvalue weighted by molar-refractivity contribution is -0.136. The zero-order chi connectivity index (χ0) is 40.8. The molecule has 0 spiro atoms. The summed E-state index contributed by atoms with van der Waals surface area (Å²) in [6.45, 7) is 4.56. The van der Waals surface area contributed by atoms with Crippen molar-refractivity contribution in [1.82, 2.24) is 30.6 Å². The minimum absolute atomic E-state index is 0.0184. The van der Waals surface area contributed by atoms with Crippen LogP contribution in [0.4, 0.5) is 11.5 Å². The van der Waals surface area contributed by atoms with Crippen LogP contribution in [0.1, 0.15) is 101 Å². The van der Waals surface area contributed by atoms with Gasteiger partial charge in [-0.3, -0.25) is 39.1 Å². The van der Waals surface area contributed by atoms with Crippen molar-refractivity contribution >= 4 is 52.6 Å². The summed E-state index contributed by atoms with van der Waals surface area (Å²) in [5, 5.41) is 23.6. The standard InChI is InChI=1S/C43H46ClN9O6/c44-35-20-32(7-1-26(35)21-45)59-31-8-2-27(3-9-31)46-40(55)36-11-13-38(49-48-36)50-17-15-25(16-18-50)22-51-23-30-5-4-29(51)24-52(30)28-6-10-33-34(19-28)43(58)53(42(33)57)37-12-14-39(54)47-41(37)56/h1,6-7,10-11,13,19-20,25,27,29-31,37H,2-5,8-9,12,14-18,22-24H2,(H,46,55)(H,47,54,56). The van der Waals surface area contributed by atoms with E-state index in [9.17, 15) is 24.0 Å². The third-order valence-corrected chi connectivity index (χ3v) is 13.4. The van der Waals surface area contributed by atoms with Crippen LogP contribution in [0.15, 0.2) is 48.5 Å². The van der Waals surface area contributed by atoms with E-state index in [1.165, 1.54) is 0 Å². The Morgan fingerprint density at radius 2 is 1.64 bits per heavy atom. The Balaban J connectivity index is 0.726. The lowest BCUT2D eigenvalue weighted by Crippen LogP contribution is -2.63. The van der Waals surface area contributed by atoms with Gasteiger partial charge in [0.15, 0.2) is 11.5 Å². The molecule has 1 saturated carbocycles. The van der Waals surface area contributed by atoms with Crippen molar-refractivity contribution in [3.63, 3.8) is 0 Å². The minimum Gasteiger partial charge on any atom is -0.490 e. The molecule has 3 aromatic rings. The molecule has 59 heavy (non-hydrogen) atoms. The Labute approximate surface area is 347 Å². The molecule has 16 heteroatoms. The van der Waals surface area contributed by atoms with Gasteiger partial charge in [-0.25, -0.2) is 0 Å². The number of fused-ring (bicyclic) bond motifs is 4. The smallest absolute Gasteiger partial charge is 0.272 e. The lowest BCUT2D eigenvalue weighted by atomic mass is 9.87. The van der Waals surface area contributed by atoms with Gasteiger partial charge in [-0.2, -0.15) is 5.26 Å². The second-order valence-corrected chi connectivity index (χ2v) is 17.1. The summed E-state index contributed by atoms with van der Waals surface area (Å²) < 4.78 is 6.09. The van der Waals surface area contributed by atoms with Gasteiger partial charge in [0.1, 0.15) is 17.9 Å². The molecule has 3 unspecified atom stereocenters. The molecule has 2 N–H and O–H groups in total. The van der Waals surface area contributed by atoms with Gasteiger partial charge >= 0.3 is 0 Å². The Morgan fingerprint density at radius 3 is 2.34 bits per heavy atom. The number of rotatable bonds is 9. The molecule has 0 radical (unpaired) electrons. The maximum absolute atomic E-state index is 13.5. The van der Waals surface area contributed by atoms with Crippen LogP contribution in [0.25, 0.3) is 0 Å². The predicted octanol–water partition coefficient (Wildman–Crippen LogP) is 4.09. The molecule has 306 valence electrons. The number of piperazine rings is 1. The minimum atomic E-state index is -0.976. The maximum Gasteiger partial charge on any atom is 0.272 e. The summed E-state index contributed by atoms with van der Waals surface area (Å²) in [6, 6.07) is 16.0. The molecule has 6 aliphatic heterocycles. The number of carbonyl (C=O) groups excluding carboxylic acids is 5. The van der Waals surface area contributed by atoms with Gasteiger partial charge in [0.2, 0.25) is 11.8 Å². The summed E-state index contributed by atoms with van der Waals surface area (Å²) in [6.07, 6.45) is 7.65. The summed E-state index contributed by atoms with van der Waals surface area (Å²) in [4.78, 5) is 72.2. The van der Waals surface area contributed by atoms with E-state index in [4.69, 9.17) is 21.6 Å². The van der Waals surface area contributed by atoms with Crippen LogP contribution < -0.4 is 25.2 Å². The van der Waals surface area contributed by atoms with Crippen molar-refractivity contribution in [3.05, 3.63) is 75.9 Å². The van der Waals surface area contributed by atoms with Crippen LogP contribution in [0.5, 0.6) is 5.75 Å². The Kier molecular flexibility index (Phi) is 10.7. The number of nitrogens with one attached hydrogen (secondary N) is 2. The van der Waals surface area contributed by atoms with Crippen molar-refractivity contribution in [1.29, 1.82) is 5.26 Å². The van der Waals surface area contributed by atoms with E-state index in [1.807, 2.05) is 18.2 Å². The van der Waals surface area contributed by atoms with Crippen molar-refractivity contribution in [3.8, 4) is 11.8 Å².